The lowest BCUT2D eigenvalue weighted by molar-refractivity contribution is -0.134. The second-order valence-corrected chi connectivity index (χ2v) is 13.7. The first kappa shape index (κ1) is 43.0. The van der Waals surface area contributed by atoms with E-state index in [-0.39, 0.29) is 56.9 Å². The van der Waals surface area contributed by atoms with E-state index in [1.54, 1.807) is 6.20 Å². The van der Waals surface area contributed by atoms with Crippen molar-refractivity contribution in [3.8, 4) is 0 Å². The van der Waals surface area contributed by atoms with Crippen LogP contribution in [0.4, 0.5) is 0 Å². The molecule has 2 aromatic heterocycles. The highest BCUT2D eigenvalue weighted by molar-refractivity contribution is 5.96. The first-order valence-corrected chi connectivity index (χ1v) is 18.7. The minimum Gasteiger partial charge on any atom is -0.370 e. The van der Waals surface area contributed by atoms with Crippen LogP contribution in [-0.4, -0.2) is 93.6 Å². The molecule has 0 aliphatic carbocycles. The van der Waals surface area contributed by atoms with Gasteiger partial charge in [-0.25, -0.2) is 4.98 Å². The van der Waals surface area contributed by atoms with Crippen LogP contribution >= 0.6 is 0 Å². The van der Waals surface area contributed by atoms with Gasteiger partial charge in [0.25, 0.3) is 0 Å². The van der Waals surface area contributed by atoms with Crippen LogP contribution in [0.1, 0.15) is 55.0 Å². The fraction of sp³-hybridized carbons (Fsp3) is 0.385. The predicted molar refractivity (Wildman–Crippen MR) is 214 cm³/mol. The normalized spacial score (nSPS) is 13.0. The number of amides is 6. The van der Waals surface area contributed by atoms with Gasteiger partial charge < -0.3 is 53.8 Å². The average molecular weight is 785 g/mol. The number of aliphatic imine (C=N–C) groups is 1. The van der Waals surface area contributed by atoms with Gasteiger partial charge >= 0.3 is 0 Å². The van der Waals surface area contributed by atoms with Gasteiger partial charge in [0.1, 0.15) is 24.2 Å². The Hall–Kier alpha value is -6.72. The zero-order valence-corrected chi connectivity index (χ0v) is 32.1. The summed E-state index contributed by atoms with van der Waals surface area (Å²) in [6.07, 6.45) is 5.91. The SMILES string of the molecule is CCCC(=O)N[C@@H](Cc1cnc[nH]1)C(=O)N[C@H](Cc1ccc(C)cc1)C(=O)N[C@@H](CCCN=C(N)N)C(=O)N[C@@H](Cc1c[nH]c2ccccc12)C(=O)NCC(N)=O. The number of primary amides is 1. The van der Waals surface area contributed by atoms with Crippen LogP contribution in [0.2, 0.25) is 0 Å². The predicted octanol–water partition coefficient (Wildman–Crippen LogP) is -0.378. The molecule has 304 valence electrons. The van der Waals surface area contributed by atoms with Crippen molar-refractivity contribution in [2.24, 2.45) is 22.2 Å². The van der Waals surface area contributed by atoms with Crippen molar-refractivity contribution in [3.05, 3.63) is 89.6 Å². The number of fused-ring (bicyclic) bond motifs is 1. The molecule has 57 heavy (non-hydrogen) atoms. The first-order valence-electron chi connectivity index (χ1n) is 18.7. The molecular formula is C39H52N12O6. The van der Waals surface area contributed by atoms with E-state index in [1.165, 1.54) is 12.5 Å². The molecule has 4 aromatic rings. The maximum Gasteiger partial charge on any atom is 0.243 e. The quantitative estimate of drug-likeness (QED) is 0.0282. The van der Waals surface area contributed by atoms with Gasteiger partial charge in [0, 0.05) is 61.2 Å². The summed E-state index contributed by atoms with van der Waals surface area (Å²) in [7, 11) is 0. The van der Waals surface area contributed by atoms with Gasteiger partial charge in [0.15, 0.2) is 5.96 Å². The van der Waals surface area contributed by atoms with E-state index in [2.05, 4.69) is 46.5 Å². The summed E-state index contributed by atoms with van der Waals surface area (Å²) in [5.41, 5.74) is 20.1. The number of benzene rings is 2. The van der Waals surface area contributed by atoms with Crippen LogP contribution in [0.5, 0.6) is 0 Å². The third-order valence-electron chi connectivity index (χ3n) is 9.05. The van der Waals surface area contributed by atoms with Crippen molar-refractivity contribution in [2.75, 3.05) is 13.1 Å². The average Bonchev–Trinajstić information content (AvgIpc) is 3.85. The van der Waals surface area contributed by atoms with Crippen LogP contribution in [0.3, 0.4) is 0 Å². The summed E-state index contributed by atoms with van der Waals surface area (Å²) in [5.74, 6) is -3.97. The molecule has 6 amide bonds. The van der Waals surface area contributed by atoms with Gasteiger partial charge in [-0.3, -0.25) is 33.8 Å². The summed E-state index contributed by atoms with van der Waals surface area (Å²) < 4.78 is 0. The number of nitrogens with two attached hydrogens (primary N) is 3. The van der Waals surface area contributed by atoms with Crippen molar-refractivity contribution in [1.82, 2.24) is 41.5 Å². The molecule has 0 aliphatic rings. The number of H-pyrrole nitrogens is 2. The number of imidazole rings is 1. The molecule has 2 aromatic carbocycles. The molecule has 2 heterocycles. The fourth-order valence-electron chi connectivity index (χ4n) is 6.10. The Morgan fingerprint density at radius 1 is 0.772 bits per heavy atom. The Labute approximate surface area is 330 Å². The molecule has 18 heteroatoms. The van der Waals surface area contributed by atoms with Gasteiger partial charge in [0.2, 0.25) is 35.4 Å². The number of nitrogens with zero attached hydrogens (tertiary/aromatic N) is 2. The zero-order valence-electron chi connectivity index (χ0n) is 32.1. The highest BCUT2D eigenvalue weighted by atomic mass is 16.2. The summed E-state index contributed by atoms with van der Waals surface area (Å²) >= 11 is 0. The first-order chi connectivity index (χ1) is 27.3. The van der Waals surface area contributed by atoms with Crippen LogP contribution in [0, 0.1) is 6.92 Å². The lowest BCUT2D eigenvalue weighted by Gasteiger charge is -2.27. The molecule has 18 nitrogen and oxygen atoms in total. The molecule has 0 saturated carbocycles. The highest BCUT2D eigenvalue weighted by Crippen LogP contribution is 2.19. The van der Waals surface area contributed by atoms with Crippen molar-refractivity contribution < 1.29 is 28.8 Å². The maximum atomic E-state index is 14.3. The largest absolute Gasteiger partial charge is 0.370 e. The molecule has 0 unspecified atom stereocenters. The number of carbonyl (C=O) groups is 6. The van der Waals surface area contributed by atoms with E-state index in [0.29, 0.717) is 12.1 Å². The Morgan fingerprint density at radius 2 is 1.42 bits per heavy atom. The van der Waals surface area contributed by atoms with E-state index < -0.39 is 60.2 Å². The molecule has 0 saturated heterocycles. The number of guanidine groups is 1. The van der Waals surface area contributed by atoms with E-state index >= 15 is 0 Å². The Bertz CT molecular complexity index is 2010. The zero-order chi connectivity index (χ0) is 41.3. The molecule has 0 bridgehead atoms. The lowest BCUT2D eigenvalue weighted by Crippen LogP contribution is -2.59. The number of rotatable bonds is 22. The van der Waals surface area contributed by atoms with Gasteiger partial charge in [-0.1, -0.05) is 55.0 Å². The number of aromatic nitrogens is 3. The second-order valence-electron chi connectivity index (χ2n) is 13.7. The minimum atomic E-state index is -1.23. The molecule has 0 spiro atoms. The van der Waals surface area contributed by atoms with Crippen LogP contribution < -0.4 is 43.8 Å². The number of hydrogen-bond donors (Lipinski definition) is 10. The smallest absolute Gasteiger partial charge is 0.243 e. The second kappa shape index (κ2) is 21.4. The molecule has 4 atom stereocenters. The number of nitrogens with one attached hydrogen (secondary N) is 7. The Morgan fingerprint density at radius 3 is 2.07 bits per heavy atom. The maximum absolute atomic E-state index is 14.3. The third-order valence-corrected chi connectivity index (χ3v) is 9.05. The Balaban J connectivity index is 1.62. The van der Waals surface area contributed by atoms with E-state index in [1.807, 2.05) is 62.4 Å². The monoisotopic (exact) mass is 784 g/mol. The van der Waals surface area contributed by atoms with Crippen molar-refractivity contribution in [1.29, 1.82) is 0 Å². The van der Waals surface area contributed by atoms with Gasteiger partial charge in [-0.2, -0.15) is 0 Å². The Kier molecular flexibility index (Phi) is 16.1. The third kappa shape index (κ3) is 13.8. The molecular weight excluding hydrogens is 733 g/mol. The number of carbonyl (C=O) groups excluding carboxylic acids is 6. The van der Waals surface area contributed by atoms with Crippen LogP contribution in [0.25, 0.3) is 10.9 Å². The number of para-hydroxylation sites is 1. The summed E-state index contributed by atoms with van der Waals surface area (Å²) in [4.78, 5) is 94.0. The van der Waals surface area contributed by atoms with Crippen molar-refractivity contribution >= 4 is 52.3 Å². The number of aryl methyl sites for hydroxylation is 1. The standard InChI is InChI=1S/C39H52N12O6/c1-3-7-34(53)48-32(18-26-20-43-22-47-26)38(57)50-30(16-24-13-11-23(2)12-14-24)37(56)49-29(10-6-15-44-39(41)42)36(55)51-31(35(54)46-21-33(40)52)17-25-19-45-28-9-5-4-8-27(25)28/h4-5,8-9,11-14,19-20,22,29-32,45H,3,6-7,10,15-18,21H2,1-2H3,(H2,40,52)(H,43,47)(H,46,54)(H,48,53)(H,49,56)(H,50,57)(H,51,55)(H4,41,42,44)/t29-,30+,31-,32-/m0/s1. The molecule has 0 fully saturated rings. The molecule has 0 radical (unpaired) electrons. The van der Waals surface area contributed by atoms with Gasteiger partial charge in [0.05, 0.1) is 12.9 Å². The molecule has 13 N–H and O–H groups in total. The van der Waals surface area contributed by atoms with E-state index in [4.69, 9.17) is 17.2 Å². The summed E-state index contributed by atoms with van der Waals surface area (Å²) in [6, 6.07) is 10.1. The minimum absolute atomic E-state index is 0.0304. The topological polar surface area (TPSA) is 297 Å². The van der Waals surface area contributed by atoms with Gasteiger partial charge in [-0.15, -0.1) is 0 Å². The lowest BCUT2D eigenvalue weighted by atomic mass is 10.0. The summed E-state index contributed by atoms with van der Waals surface area (Å²) in [6.45, 7) is 3.43. The van der Waals surface area contributed by atoms with E-state index in [0.717, 1.165) is 27.6 Å². The van der Waals surface area contributed by atoms with Crippen LogP contribution in [-0.2, 0) is 48.0 Å². The van der Waals surface area contributed by atoms with E-state index in [9.17, 15) is 28.8 Å². The highest BCUT2D eigenvalue weighted by Gasteiger charge is 2.32. The molecule has 4 rings (SSSR count). The molecule has 0 aliphatic heterocycles. The van der Waals surface area contributed by atoms with Crippen molar-refractivity contribution in [2.45, 2.75) is 83.0 Å². The number of hydrogen-bond acceptors (Lipinski definition) is 8. The number of aromatic amines is 2. The van der Waals surface area contributed by atoms with Gasteiger partial charge in [-0.05, 0) is 43.4 Å². The van der Waals surface area contributed by atoms with Crippen LogP contribution in [0.15, 0.2) is 72.2 Å². The van der Waals surface area contributed by atoms with Crippen molar-refractivity contribution in [3.63, 3.8) is 0 Å². The summed E-state index contributed by atoms with van der Waals surface area (Å²) in [5, 5.41) is 14.4. The fourth-order valence-corrected chi connectivity index (χ4v) is 6.10.